The van der Waals surface area contributed by atoms with Crippen molar-refractivity contribution in [1.29, 1.82) is 5.26 Å². The molecule has 134 valence electrons. The number of piperidine rings is 1. The normalized spacial score (nSPS) is 19.3. The van der Waals surface area contributed by atoms with Crippen LogP contribution in [0.5, 0.6) is 0 Å². The van der Waals surface area contributed by atoms with Crippen LogP contribution in [-0.4, -0.2) is 44.1 Å². The van der Waals surface area contributed by atoms with Crippen LogP contribution in [0.4, 0.5) is 0 Å². The molecule has 1 saturated carbocycles. The Hall–Kier alpha value is -2.39. The molecule has 0 amide bonds. The van der Waals surface area contributed by atoms with Crippen molar-refractivity contribution in [3.05, 3.63) is 24.3 Å². The number of nitrogens with one attached hydrogen (secondary N) is 1. The number of imidazole rings is 1. The number of hydrogen-bond donors (Lipinski definition) is 1. The van der Waals surface area contributed by atoms with E-state index in [9.17, 15) is 0 Å². The summed E-state index contributed by atoms with van der Waals surface area (Å²) in [4.78, 5) is 15.2. The Bertz CT molecular complexity index is 965. The van der Waals surface area contributed by atoms with Crippen LogP contribution >= 0.6 is 0 Å². The minimum absolute atomic E-state index is 0.493. The SMILES string of the molecule is N#CCCN1CCC(n2c(CC3CC3)nc3cnc4[nH]ccc4c32)CC1. The third-order valence-corrected chi connectivity index (χ3v) is 5.94. The first-order valence-electron chi connectivity index (χ1n) is 9.75. The highest BCUT2D eigenvalue weighted by molar-refractivity contribution is 6.01. The molecule has 3 aromatic heterocycles. The van der Waals surface area contributed by atoms with E-state index in [1.165, 1.54) is 29.6 Å². The van der Waals surface area contributed by atoms with Crippen LogP contribution in [0, 0.1) is 17.2 Å². The predicted molar refractivity (Wildman–Crippen MR) is 101 cm³/mol. The molecule has 1 aliphatic heterocycles. The van der Waals surface area contributed by atoms with Gasteiger partial charge in [-0.2, -0.15) is 5.26 Å². The van der Waals surface area contributed by atoms with Crippen LogP contribution in [0.25, 0.3) is 22.1 Å². The minimum Gasteiger partial charge on any atom is -0.346 e. The van der Waals surface area contributed by atoms with Gasteiger partial charge >= 0.3 is 0 Å². The Morgan fingerprint density at radius 3 is 2.85 bits per heavy atom. The lowest BCUT2D eigenvalue weighted by molar-refractivity contribution is 0.190. The van der Waals surface area contributed by atoms with Crippen LogP contribution in [0.1, 0.15) is 44.0 Å². The lowest BCUT2D eigenvalue weighted by Gasteiger charge is -2.33. The molecule has 0 radical (unpaired) electrons. The van der Waals surface area contributed by atoms with Gasteiger partial charge in [0.2, 0.25) is 0 Å². The number of fused-ring (bicyclic) bond motifs is 3. The monoisotopic (exact) mass is 348 g/mol. The lowest BCUT2D eigenvalue weighted by atomic mass is 10.0. The van der Waals surface area contributed by atoms with Gasteiger partial charge < -0.3 is 14.5 Å². The van der Waals surface area contributed by atoms with Crippen molar-refractivity contribution >= 4 is 22.1 Å². The van der Waals surface area contributed by atoms with Gasteiger partial charge in [-0.3, -0.25) is 0 Å². The number of pyridine rings is 1. The van der Waals surface area contributed by atoms with Crippen LogP contribution in [0.3, 0.4) is 0 Å². The molecule has 0 unspecified atom stereocenters. The zero-order chi connectivity index (χ0) is 17.5. The highest BCUT2D eigenvalue weighted by Gasteiger charge is 2.29. The summed E-state index contributed by atoms with van der Waals surface area (Å²) in [5.74, 6) is 2.06. The first kappa shape index (κ1) is 15.8. The average molecular weight is 348 g/mol. The number of hydrogen-bond acceptors (Lipinski definition) is 4. The van der Waals surface area contributed by atoms with Crippen molar-refractivity contribution in [1.82, 2.24) is 24.4 Å². The molecular weight excluding hydrogens is 324 g/mol. The maximum atomic E-state index is 8.83. The number of rotatable bonds is 5. The summed E-state index contributed by atoms with van der Waals surface area (Å²) in [5, 5.41) is 10.0. The number of nitriles is 1. The van der Waals surface area contributed by atoms with E-state index < -0.39 is 0 Å². The van der Waals surface area contributed by atoms with Gasteiger partial charge in [-0.15, -0.1) is 0 Å². The Kier molecular flexibility index (Phi) is 3.90. The van der Waals surface area contributed by atoms with Crippen LogP contribution in [-0.2, 0) is 6.42 Å². The third-order valence-electron chi connectivity index (χ3n) is 5.94. The van der Waals surface area contributed by atoms with Gasteiger partial charge in [-0.05, 0) is 37.7 Å². The van der Waals surface area contributed by atoms with Gasteiger partial charge in [0.15, 0.2) is 0 Å². The highest BCUT2D eigenvalue weighted by Crippen LogP contribution is 2.37. The predicted octanol–water partition coefficient (Wildman–Crippen LogP) is 3.42. The molecule has 1 saturated heterocycles. The molecule has 2 aliphatic rings. The van der Waals surface area contributed by atoms with Gasteiger partial charge in [0, 0.05) is 50.1 Å². The largest absolute Gasteiger partial charge is 0.346 e. The summed E-state index contributed by atoms with van der Waals surface area (Å²) < 4.78 is 2.53. The molecule has 26 heavy (non-hydrogen) atoms. The Labute approximate surface area is 152 Å². The molecule has 1 N–H and O–H groups in total. The fourth-order valence-corrected chi connectivity index (χ4v) is 4.37. The van der Waals surface area contributed by atoms with Crippen molar-refractivity contribution in [2.75, 3.05) is 19.6 Å². The van der Waals surface area contributed by atoms with Crippen LogP contribution in [0.2, 0.25) is 0 Å². The first-order chi connectivity index (χ1) is 12.8. The fourth-order valence-electron chi connectivity index (χ4n) is 4.37. The maximum absolute atomic E-state index is 8.83. The molecule has 6 heteroatoms. The molecular formula is C20H24N6. The molecule has 0 atom stereocenters. The maximum Gasteiger partial charge on any atom is 0.139 e. The Morgan fingerprint density at radius 1 is 1.23 bits per heavy atom. The molecule has 0 spiro atoms. The molecule has 0 bridgehead atoms. The van der Waals surface area contributed by atoms with Gasteiger partial charge in [-0.25, -0.2) is 9.97 Å². The van der Waals surface area contributed by atoms with Gasteiger partial charge in [-0.1, -0.05) is 0 Å². The van der Waals surface area contributed by atoms with Gasteiger partial charge in [0.05, 0.1) is 17.8 Å². The minimum atomic E-state index is 0.493. The van der Waals surface area contributed by atoms with Crippen molar-refractivity contribution < 1.29 is 0 Å². The zero-order valence-corrected chi connectivity index (χ0v) is 15.0. The van der Waals surface area contributed by atoms with Crippen molar-refractivity contribution in [3.63, 3.8) is 0 Å². The number of nitrogens with zero attached hydrogens (tertiary/aromatic N) is 5. The van der Waals surface area contributed by atoms with Gasteiger partial charge in [0.25, 0.3) is 0 Å². The van der Waals surface area contributed by atoms with Crippen molar-refractivity contribution in [3.8, 4) is 6.07 Å². The first-order valence-corrected chi connectivity index (χ1v) is 9.75. The Balaban J connectivity index is 1.52. The lowest BCUT2D eigenvalue weighted by Crippen LogP contribution is -2.35. The highest BCUT2D eigenvalue weighted by atomic mass is 15.2. The van der Waals surface area contributed by atoms with E-state index >= 15 is 0 Å². The number of aromatic nitrogens is 4. The molecule has 1 aliphatic carbocycles. The van der Waals surface area contributed by atoms with Crippen molar-refractivity contribution in [2.45, 2.75) is 44.6 Å². The standard InChI is InChI=1S/C20H24N6/c21-7-1-9-25-10-5-15(6-11-25)26-18(12-14-2-3-14)24-17-13-23-20-16(19(17)26)4-8-22-20/h4,8,13-15H,1-3,5-6,9-12H2,(H,22,23). The number of likely N-dealkylation sites (tertiary alicyclic amines) is 1. The molecule has 4 heterocycles. The van der Waals surface area contributed by atoms with E-state index in [4.69, 9.17) is 10.2 Å². The zero-order valence-electron chi connectivity index (χ0n) is 15.0. The second kappa shape index (κ2) is 6.40. The van der Waals surface area contributed by atoms with Crippen molar-refractivity contribution in [2.24, 2.45) is 5.92 Å². The fraction of sp³-hybridized carbons (Fsp3) is 0.550. The van der Waals surface area contributed by atoms with E-state index in [1.54, 1.807) is 0 Å². The molecule has 6 nitrogen and oxygen atoms in total. The smallest absolute Gasteiger partial charge is 0.139 e. The van der Waals surface area contributed by atoms with E-state index in [0.29, 0.717) is 12.5 Å². The summed E-state index contributed by atoms with van der Waals surface area (Å²) in [6.45, 7) is 3.03. The third kappa shape index (κ3) is 2.77. The topological polar surface area (TPSA) is 73.5 Å². The van der Waals surface area contributed by atoms with Gasteiger partial charge in [0.1, 0.15) is 17.0 Å². The molecule has 3 aromatic rings. The summed E-state index contributed by atoms with van der Waals surface area (Å²) in [6.07, 6.45) is 10.5. The quantitative estimate of drug-likeness (QED) is 0.767. The Morgan fingerprint density at radius 2 is 2.08 bits per heavy atom. The number of H-pyrrole nitrogens is 1. The van der Waals surface area contributed by atoms with E-state index in [2.05, 4.69) is 31.6 Å². The van der Waals surface area contributed by atoms with Crippen LogP contribution < -0.4 is 0 Å². The second-order valence-electron chi connectivity index (χ2n) is 7.76. The van der Waals surface area contributed by atoms with E-state index in [1.807, 2.05) is 12.4 Å². The molecule has 5 rings (SSSR count). The van der Waals surface area contributed by atoms with Crippen LogP contribution in [0.15, 0.2) is 18.5 Å². The van der Waals surface area contributed by atoms with E-state index in [-0.39, 0.29) is 0 Å². The van der Waals surface area contributed by atoms with E-state index in [0.717, 1.165) is 56.0 Å². The number of aromatic amines is 1. The summed E-state index contributed by atoms with van der Waals surface area (Å²) in [7, 11) is 0. The summed E-state index contributed by atoms with van der Waals surface area (Å²) in [6, 6.07) is 4.89. The summed E-state index contributed by atoms with van der Waals surface area (Å²) in [5.41, 5.74) is 3.23. The average Bonchev–Trinajstić information content (AvgIpc) is 3.21. The molecule has 2 fully saturated rings. The second-order valence-corrected chi connectivity index (χ2v) is 7.76. The molecule has 0 aromatic carbocycles. The summed E-state index contributed by atoms with van der Waals surface area (Å²) >= 11 is 0.